The van der Waals surface area contributed by atoms with Gasteiger partial charge in [-0.2, -0.15) is 0 Å². The lowest BCUT2D eigenvalue weighted by Gasteiger charge is -2.22. The third kappa shape index (κ3) is 3.62. The first kappa shape index (κ1) is 17.1. The number of carbonyl (C=O) groups excluding carboxylic acids is 2. The Morgan fingerprint density at radius 1 is 1.08 bits per heavy atom. The highest BCUT2D eigenvalue weighted by molar-refractivity contribution is 5.97. The second kappa shape index (κ2) is 7.52. The van der Waals surface area contributed by atoms with Crippen molar-refractivity contribution < 1.29 is 14.3 Å². The lowest BCUT2D eigenvalue weighted by atomic mass is 9.95. The molecule has 1 fully saturated rings. The van der Waals surface area contributed by atoms with Gasteiger partial charge in [0.05, 0.1) is 5.56 Å². The number of fused-ring (bicyclic) bond motifs is 3. The second-order valence-electron chi connectivity index (χ2n) is 7.53. The zero-order valence-corrected chi connectivity index (χ0v) is 15.1. The van der Waals surface area contributed by atoms with Gasteiger partial charge in [-0.05, 0) is 62.3 Å². The van der Waals surface area contributed by atoms with Crippen LogP contribution in [0.5, 0.6) is 0 Å². The number of H-pyrrole nitrogens is 1. The molecule has 0 bridgehead atoms. The smallest absolute Gasteiger partial charge is 0.338 e. The first-order valence-corrected chi connectivity index (χ1v) is 9.80. The first-order chi connectivity index (χ1) is 12.7. The summed E-state index contributed by atoms with van der Waals surface area (Å²) in [5.74, 6) is -0.637. The molecule has 0 radical (unpaired) electrons. The predicted octanol–water partition coefficient (Wildman–Crippen LogP) is 3.65. The molecule has 0 aliphatic heterocycles. The molecule has 4 rings (SSSR count). The summed E-state index contributed by atoms with van der Waals surface area (Å²) in [6.07, 6.45) is 10.1. The summed E-state index contributed by atoms with van der Waals surface area (Å²) < 4.78 is 5.24. The minimum Gasteiger partial charge on any atom is -0.452 e. The molecule has 0 unspecified atom stereocenters. The molecular formula is C21H26N2O3. The van der Waals surface area contributed by atoms with E-state index in [1.54, 1.807) is 6.07 Å². The van der Waals surface area contributed by atoms with E-state index in [0.29, 0.717) is 5.56 Å². The van der Waals surface area contributed by atoms with Crippen LogP contribution in [-0.4, -0.2) is 29.5 Å². The normalized spacial score (nSPS) is 17.7. The molecule has 2 aliphatic carbocycles. The molecule has 0 saturated heterocycles. The largest absolute Gasteiger partial charge is 0.452 e. The molecule has 0 atom stereocenters. The second-order valence-corrected chi connectivity index (χ2v) is 7.53. The highest BCUT2D eigenvalue weighted by atomic mass is 16.5. The van der Waals surface area contributed by atoms with Crippen LogP contribution in [0.2, 0.25) is 0 Å². The Balaban J connectivity index is 1.39. The van der Waals surface area contributed by atoms with Crippen LogP contribution < -0.4 is 5.32 Å². The van der Waals surface area contributed by atoms with Crippen molar-refractivity contribution in [3.05, 3.63) is 35.0 Å². The number of amides is 1. The van der Waals surface area contributed by atoms with E-state index in [0.717, 1.165) is 49.4 Å². The number of aromatic amines is 1. The third-order valence-corrected chi connectivity index (χ3v) is 5.64. The van der Waals surface area contributed by atoms with Crippen LogP contribution in [0.1, 0.15) is 66.6 Å². The van der Waals surface area contributed by atoms with Crippen LogP contribution in [0.15, 0.2) is 18.2 Å². The van der Waals surface area contributed by atoms with Crippen LogP contribution >= 0.6 is 0 Å². The van der Waals surface area contributed by atoms with Gasteiger partial charge in [0.1, 0.15) is 0 Å². The molecule has 2 aromatic rings. The molecule has 2 N–H and O–H groups in total. The maximum absolute atomic E-state index is 12.4. The Morgan fingerprint density at radius 2 is 1.88 bits per heavy atom. The molecule has 1 heterocycles. The lowest BCUT2D eigenvalue weighted by molar-refractivity contribution is -0.125. The highest BCUT2D eigenvalue weighted by Gasteiger charge is 2.19. The van der Waals surface area contributed by atoms with Crippen LogP contribution in [0.4, 0.5) is 0 Å². The minimum absolute atomic E-state index is 0.203. The van der Waals surface area contributed by atoms with E-state index in [2.05, 4.69) is 10.3 Å². The average molecular weight is 354 g/mol. The van der Waals surface area contributed by atoms with Gasteiger partial charge in [-0.25, -0.2) is 4.79 Å². The molecular weight excluding hydrogens is 328 g/mol. The Labute approximate surface area is 153 Å². The fourth-order valence-corrected chi connectivity index (χ4v) is 4.26. The number of benzene rings is 1. The van der Waals surface area contributed by atoms with Crippen LogP contribution in [0.25, 0.3) is 10.9 Å². The molecule has 5 nitrogen and oxygen atoms in total. The zero-order valence-electron chi connectivity index (χ0n) is 15.1. The number of hydrogen-bond acceptors (Lipinski definition) is 3. The third-order valence-electron chi connectivity index (χ3n) is 5.64. The average Bonchev–Trinajstić information content (AvgIpc) is 3.05. The van der Waals surface area contributed by atoms with Crippen LogP contribution in [0, 0.1) is 0 Å². The summed E-state index contributed by atoms with van der Waals surface area (Å²) in [6.45, 7) is -0.210. The molecule has 5 heteroatoms. The molecule has 1 amide bonds. The van der Waals surface area contributed by atoms with Gasteiger partial charge in [0, 0.05) is 22.6 Å². The Kier molecular flexibility index (Phi) is 4.96. The van der Waals surface area contributed by atoms with Gasteiger partial charge in [-0.15, -0.1) is 0 Å². The molecule has 1 aromatic heterocycles. The van der Waals surface area contributed by atoms with Crippen LogP contribution in [-0.2, 0) is 22.4 Å². The summed E-state index contributed by atoms with van der Waals surface area (Å²) in [5, 5.41) is 4.08. The summed E-state index contributed by atoms with van der Waals surface area (Å²) >= 11 is 0. The van der Waals surface area contributed by atoms with Gasteiger partial charge in [-0.3, -0.25) is 4.79 Å². The SMILES string of the molecule is O=C(COC(=O)c1ccc2[nH]c3c(c2c1)CCCC3)NC1CCCCC1. The van der Waals surface area contributed by atoms with Gasteiger partial charge >= 0.3 is 5.97 Å². The monoisotopic (exact) mass is 354 g/mol. The van der Waals surface area contributed by atoms with Gasteiger partial charge < -0.3 is 15.0 Å². The van der Waals surface area contributed by atoms with E-state index in [-0.39, 0.29) is 18.6 Å². The van der Waals surface area contributed by atoms with E-state index in [1.165, 1.54) is 30.5 Å². The van der Waals surface area contributed by atoms with Crippen LogP contribution in [0.3, 0.4) is 0 Å². The van der Waals surface area contributed by atoms with E-state index in [4.69, 9.17) is 4.74 Å². The summed E-state index contributed by atoms with van der Waals surface area (Å²) in [6, 6.07) is 5.84. The zero-order chi connectivity index (χ0) is 17.9. The molecule has 1 aromatic carbocycles. The number of rotatable bonds is 4. The fraction of sp³-hybridized carbons (Fsp3) is 0.524. The number of carbonyl (C=O) groups is 2. The lowest BCUT2D eigenvalue weighted by Crippen LogP contribution is -2.38. The van der Waals surface area contributed by atoms with Gasteiger partial charge in [0.15, 0.2) is 6.61 Å². The van der Waals surface area contributed by atoms with Crippen molar-refractivity contribution in [2.75, 3.05) is 6.61 Å². The van der Waals surface area contributed by atoms with Gasteiger partial charge in [0.2, 0.25) is 0 Å². The van der Waals surface area contributed by atoms with E-state index < -0.39 is 5.97 Å². The number of aromatic nitrogens is 1. The number of aryl methyl sites for hydroxylation is 2. The standard InChI is InChI=1S/C21H26N2O3/c24-20(22-15-6-2-1-3-7-15)13-26-21(25)14-10-11-19-17(12-14)16-8-4-5-9-18(16)23-19/h10-12,15,23H,1-9,13H2,(H,22,24). The van der Waals surface area contributed by atoms with E-state index in [1.807, 2.05) is 12.1 Å². The van der Waals surface area contributed by atoms with Crippen molar-refractivity contribution in [3.8, 4) is 0 Å². The van der Waals surface area contributed by atoms with Gasteiger partial charge in [0.25, 0.3) is 5.91 Å². The molecule has 138 valence electrons. The van der Waals surface area contributed by atoms with Crippen molar-refractivity contribution in [1.82, 2.24) is 10.3 Å². The molecule has 2 aliphatic rings. The highest BCUT2D eigenvalue weighted by Crippen LogP contribution is 2.29. The van der Waals surface area contributed by atoms with Crippen molar-refractivity contribution in [1.29, 1.82) is 0 Å². The number of esters is 1. The number of hydrogen-bond donors (Lipinski definition) is 2. The van der Waals surface area contributed by atoms with Crippen molar-refractivity contribution in [2.24, 2.45) is 0 Å². The molecule has 1 saturated carbocycles. The summed E-state index contributed by atoms with van der Waals surface area (Å²) in [4.78, 5) is 27.8. The Morgan fingerprint density at radius 3 is 2.73 bits per heavy atom. The summed E-state index contributed by atoms with van der Waals surface area (Å²) in [5.41, 5.74) is 4.21. The van der Waals surface area contributed by atoms with Crippen molar-refractivity contribution >= 4 is 22.8 Å². The van der Waals surface area contributed by atoms with E-state index >= 15 is 0 Å². The topological polar surface area (TPSA) is 71.2 Å². The Hall–Kier alpha value is -2.30. The molecule has 26 heavy (non-hydrogen) atoms. The predicted molar refractivity (Wildman–Crippen MR) is 100 cm³/mol. The fourth-order valence-electron chi connectivity index (χ4n) is 4.26. The number of nitrogens with one attached hydrogen (secondary N) is 2. The quantitative estimate of drug-likeness (QED) is 0.823. The van der Waals surface area contributed by atoms with Gasteiger partial charge in [-0.1, -0.05) is 19.3 Å². The first-order valence-electron chi connectivity index (χ1n) is 9.80. The maximum atomic E-state index is 12.4. The van der Waals surface area contributed by atoms with E-state index in [9.17, 15) is 9.59 Å². The van der Waals surface area contributed by atoms with Crippen molar-refractivity contribution in [3.63, 3.8) is 0 Å². The minimum atomic E-state index is -0.434. The number of ether oxygens (including phenoxy) is 1. The Bertz CT molecular complexity index is 818. The van der Waals surface area contributed by atoms with Crippen molar-refractivity contribution in [2.45, 2.75) is 63.8 Å². The maximum Gasteiger partial charge on any atom is 0.338 e. The molecule has 0 spiro atoms. The summed E-state index contributed by atoms with van der Waals surface area (Å²) in [7, 11) is 0.